The van der Waals surface area contributed by atoms with Crippen LogP contribution in [0.4, 0.5) is 8.78 Å². The molecule has 0 unspecified atom stereocenters. The van der Waals surface area contributed by atoms with Crippen molar-refractivity contribution in [3.05, 3.63) is 0 Å². The molecule has 0 aliphatic rings. The Balaban J connectivity index is 4.00. The standard InChI is InChI=1S/C8H15ClF2/c1-7(2,5-4-6-9)8(3,10)11/h4-6H2,1-3H3. The van der Waals surface area contributed by atoms with Crippen molar-refractivity contribution in [2.24, 2.45) is 5.41 Å². The lowest BCUT2D eigenvalue weighted by atomic mass is 9.82. The lowest BCUT2D eigenvalue weighted by molar-refractivity contribution is -0.0922. The summed E-state index contributed by atoms with van der Waals surface area (Å²) < 4.78 is 25.6. The minimum atomic E-state index is -2.61. The molecule has 0 aromatic rings. The predicted molar refractivity (Wildman–Crippen MR) is 44.4 cm³/mol. The zero-order valence-electron chi connectivity index (χ0n) is 7.26. The lowest BCUT2D eigenvalue weighted by Crippen LogP contribution is -2.33. The summed E-state index contributed by atoms with van der Waals surface area (Å²) in [7, 11) is 0. The van der Waals surface area contributed by atoms with Crippen LogP contribution in [-0.4, -0.2) is 11.8 Å². The van der Waals surface area contributed by atoms with Crippen LogP contribution in [0.15, 0.2) is 0 Å². The fourth-order valence-corrected chi connectivity index (χ4v) is 0.862. The Morgan fingerprint density at radius 1 is 1.18 bits per heavy atom. The molecule has 0 atom stereocenters. The maximum Gasteiger partial charge on any atom is 0.250 e. The van der Waals surface area contributed by atoms with Gasteiger partial charge in [0.1, 0.15) is 0 Å². The summed E-state index contributed by atoms with van der Waals surface area (Å²) >= 11 is 5.41. The topological polar surface area (TPSA) is 0 Å². The maximum atomic E-state index is 12.8. The molecule has 0 radical (unpaired) electrons. The van der Waals surface area contributed by atoms with Gasteiger partial charge in [0.05, 0.1) is 0 Å². The summed E-state index contributed by atoms with van der Waals surface area (Å²) in [4.78, 5) is 0. The Kier molecular flexibility index (Phi) is 3.75. The molecule has 0 amide bonds. The molecule has 0 heterocycles. The Bertz CT molecular complexity index is 116. The van der Waals surface area contributed by atoms with Crippen molar-refractivity contribution in [2.45, 2.75) is 39.5 Å². The second-order valence-electron chi connectivity index (χ2n) is 3.56. The highest BCUT2D eigenvalue weighted by Gasteiger charge is 2.40. The summed E-state index contributed by atoms with van der Waals surface area (Å²) in [6, 6.07) is 0. The molecule has 0 aromatic carbocycles. The fraction of sp³-hybridized carbons (Fsp3) is 1.00. The van der Waals surface area contributed by atoms with E-state index in [4.69, 9.17) is 11.6 Å². The Hall–Kier alpha value is 0.150. The van der Waals surface area contributed by atoms with Crippen molar-refractivity contribution in [1.29, 1.82) is 0 Å². The highest BCUT2D eigenvalue weighted by atomic mass is 35.5. The molecule has 0 N–H and O–H groups in total. The van der Waals surface area contributed by atoms with E-state index in [0.717, 1.165) is 6.92 Å². The second kappa shape index (κ2) is 3.70. The van der Waals surface area contributed by atoms with E-state index in [1.807, 2.05) is 0 Å². The molecule has 0 aliphatic carbocycles. The summed E-state index contributed by atoms with van der Waals surface area (Å²) in [6.45, 7) is 4.10. The van der Waals surface area contributed by atoms with Gasteiger partial charge in [-0.05, 0) is 19.8 Å². The Morgan fingerprint density at radius 3 is 1.91 bits per heavy atom. The van der Waals surface area contributed by atoms with E-state index in [-0.39, 0.29) is 0 Å². The molecule has 68 valence electrons. The Morgan fingerprint density at radius 2 is 1.64 bits per heavy atom. The number of hydrogen-bond acceptors (Lipinski definition) is 0. The molecule has 0 spiro atoms. The average molecular weight is 185 g/mol. The molecular weight excluding hydrogens is 170 g/mol. The minimum absolute atomic E-state index is 0.458. The normalized spacial score (nSPS) is 13.6. The van der Waals surface area contributed by atoms with Crippen LogP contribution in [0.1, 0.15) is 33.6 Å². The van der Waals surface area contributed by atoms with Crippen LogP contribution in [0.2, 0.25) is 0 Å². The summed E-state index contributed by atoms with van der Waals surface area (Å²) in [6.07, 6.45) is 1.12. The van der Waals surface area contributed by atoms with E-state index in [0.29, 0.717) is 18.7 Å². The lowest BCUT2D eigenvalue weighted by Gasteiger charge is -2.31. The van der Waals surface area contributed by atoms with Crippen LogP contribution in [-0.2, 0) is 0 Å². The van der Waals surface area contributed by atoms with Gasteiger partial charge < -0.3 is 0 Å². The van der Waals surface area contributed by atoms with E-state index in [2.05, 4.69) is 0 Å². The van der Waals surface area contributed by atoms with Gasteiger partial charge in [-0.1, -0.05) is 13.8 Å². The summed E-state index contributed by atoms with van der Waals surface area (Å²) in [5.74, 6) is -2.15. The molecule has 0 rings (SSSR count). The smallest absolute Gasteiger partial charge is 0.207 e. The van der Waals surface area contributed by atoms with Crippen molar-refractivity contribution in [1.82, 2.24) is 0 Å². The van der Waals surface area contributed by atoms with Gasteiger partial charge in [-0.25, -0.2) is 8.78 Å². The van der Waals surface area contributed by atoms with Crippen LogP contribution < -0.4 is 0 Å². The minimum Gasteiger partial charge on any atom is -0.207 e. The molecule has 0 fully saturated rings. The Labute approximate surface area is 71.9 Å². The van der Waals surface area contributed by atoms with E-state index in [1.165, 1.54) is 0 Å². The number of halogens is 3. The molecule has 0 saturated heterocycles. The zero-order valence-corrected chi connectivity index (χ0v) is 8.01. The first-order valence-electron chi connectivity index (χ1n) is 3.75. The third kappa shape index (κ3) is 3.37. The first-order valence-corrected chi connectivity index (χ1v) is 4.28. The first kappa shape index (κ1) is 11.2. The van der Waals surface area contributed by atoms with Crippen molar-refractivity contribution in [3.63, 3.8) is 0 Å². The van der Waals surface area contributed by atoms with E-state index >= 15 is 0 Å². The molecule has 0 aromatic heterocycles. The van der Waals surface area contributed by atoms with Gasteiger partial charge in [0.25, 0.3) is 0 Å². The van der Waals surface area contributed by atoms with E-state index in [9.17, 15) is 8.78 Å². The molecule has 0 nitrogen and oxygen atoms in total. The largest absolute Gasteiger partial charge is 0.250 e. The molecule has 0 saturated carbocycles. The number of alkyl halides is 3. The van der Waals surface area contributed by atoms with Crippen LogP contribution in [0.3, 0.4) is 0 Å². The van der Waals surface area contributed by atoms with Crippen LogP contribution in [0, 0.1) is 5.41 Å². The second-order valence-corrected chi connectivity index (χ2v) is 3.94. The van der Waals surface area contributed by atoms with Crippen LogP contribution in [0.25, 0.3) is 0 Å². The zero-order chi connectivity index (χ0) is 9.12. The van der Waals surface area contributed by atoms with Gasteiger partial charge >= 0.3 is 0 Å². The molecule has 3 heteroatoms. The molecule has 0 bridgehead atoms. The molecule has 11 heavy (non-hydrogen) atoms. The quantitative estimate of drug-likeness (QED) is 0.585. The van der Waals surface area contributed by atoms with Gasteiger partial charge in [-0.3, -0.25) is 0 Å². The van der Waals surface area contributed by atoms with Gasteiger partial charge in [0, 0.05) is 11.3 Å². The molecule has 0 aliphatic heterocycles. The summed E-state index contributed by atoms with van der Waals surface area (Å²) in [5.41, 5.74) is -0.929. The van der Waals surface area contributed by atoms with E-state index in [1.54, 1.807) is 13.8 Å². The van der Waals surface area contributed by atoms with Crippen molar-refractivity contribution in [2.75, 3.05) is 5.88 Å². The van der Waals surface area contributed by atoms with Crippen molar-refractivity contribution < 1.29 is 8.78 Å². The van der Waals surface area contributed by atoms with E-state index < -0.39 is 11.3 Å². The van der Waals surface area contributed by atoms with Gasteiger partial charge in [0.2, 0.25) is 5.92 Å². The van der Waals surface area contributed by atoms with Gasteiger partial charge in [-0.15, -0.1) is 11.6 Å². The summed E-state index contributed by atoms with van der Waals surface area (Å²) in [5, 5.41) is 0. The predicted octanol–water partition coefficient (Wildman–Crippen LogP) is 3.69. The number of rotatable bonds is 4. The highest BCUT2D eigenvalue weighted by molar-refractivity contribution is 6.17. The fourth-order valence-electron chi connectivity index (χ4n) is 0.728. The monoisotopic (exact) mass is 184 g/mol. The SMILES string of the molecule is CC(F)(F)C(C)(C)CCCCl. The third-order valence-corrected chi connectivity index (χ3v) is 2.39. The number of hydrogen-bond donors (Lipinski definition) is 0. The van der Waals surface area contributed by atoms with Crippen molar-refractivity contribution in [3.8, 4) is 0 Å². The maximum absolute atomic E-state index is 12.8. The average Bonchev–Trinajstić information content (AvgIpc) is 1.81. The van der Waals surface area contributed by atoms with Crippen LogP contribution >= 0.6 is 11.6 Å². The van der Waals surface area contributed by atoms with Crippen molar-refractivity contribution >= 4 is 11.6 Å². The third-order valence-electron chi connectivity index (χ3n) is 2.12. The van der Waals surface area contributed by atoms with Gasteiger partial charge in [-0.2, -0.15) is 0 Å². The molecular formula is C8H15ClF2. The van der Waals surface area contributed by atoms with Crippen LogP contribution in [0.5, 0.6) is 0 Å². The highest BCUT2D eigenvalue weighted by Crippen LogP contribution is 2.39. The first-order chi connectivity index (χ1) is 4.81. The van der Waals surface area contributed by atoms with Gasteiger partial charge in [0.15, 0.2) is 0 Å².